The van der Waals surface area contributed by atoms with Crippen molar-refractivity contribution < 1.29 is 19.7 Å². The molecule has 6 aromatic rings. The Labute approximate surface area is 268 Å². The summed E-state index contributed by atoms with van der Waals surface area (Å²) >= 11 is 0. The number of hydrogen-bond acceptors (Lipinski definition) is 4. The van der Waals surface area contributed by atoms with Crippen molar-refractivity contribution in [3.63, 3.8) is 0 Å². The van der Waals surface area contributed by atoms with Gasteiger partial charge in [0.05, 0.1) is 5.41 Å². The first-order chi connectivity index (χ1) is 22.4. The van der Waals surface area contributed by atoms with Crippen molar-refractivity contribution in [2.45, 2.75) is 19.3 Å². The number of phenols is 2. The second-order valence-electron chi connectivity index (χ2n) is 11.5. The Kier molecular flexibility index (Phi) is 7.26. The van der Waals surface area contributed by atoms with E-state index in [1.807, 2.05) is 116 Å². The molecular formula is C42H32O4. The minimum atomic E-state index is -0.985. The second-order valence-corrected chi connectivity index (χ2v) is 11.5. The maximum atomic E-state index is 13.3. The summed E-state index contributed by atoms with van der Waals surface area (Å²) in [4.78, 5) is 13.3. The fraction of sp³-hybridized carbons (Fsp3) is 0.0714. The molecule has 0 atom stereocenters. The fourth-order valence-electron chi connectivity index (χ4n) is 6.71. The Morgan fingerprint density at radius 2 is 1.13 bits per heavy atom. The Bertz CT molecular complexity index is 2040. The minimum absolute atomic E-state index is 0.163. The van der Waals surface area contributed by atoms with Gasteiger partial charge < -0.3 is 14.9 Å². The van der Waals surface area contributed by atoms with E-state index in [9.17, 15) is 15.0 Å². The molecule has 6 aromatic carbocycles. The number of rotatable bonds is 6. The molecule has 0 saturated carbocycles. The average Bonchev–Trinajstić information content (AvgIpc) is 3.41. The van der Waals surface area contributed by atoms with E-state index >= 15 is 0 Å². The summed E-state index contributed by atoms with van der Waals surface area (Å²) in [7, 11) is 0. The van der Waals surface area contributed by atoms with Gasteiger partial charge in [-0.15, -0.1) is 0 Å². The number of phenolic OH excluding ortho intramolecular Hbond substituents is 2. The highest BCUT2D eigenvalue weighted by atomic mass is 16.5. The lowest BCUT2D eigenvalue weighted by atomic mass is 9.66. The van der Waals surface area contributed by atoms with Crippen LogP contribution in [-0.2, 0) is 10.2 Å². The maximum absolute atomic E-state index is 13.3. The van der Waals surface area contributed by atoms with Gasteiger partial charge in [0.1, 0.15) is 17.2 Å². The van der Waals surface area contributed by atoms with Crippen molar-refractivity contribution >= 4 is 5.97 Å². The Morgan fingerprint density at radius 3 is 1.70 bits per heavy atom. The van der Waals surface area contributed by atoms with Crippen LogP contribution in [-0.4, -0.2) is 16.2 Å². The zero-order chi connectivity index (χ0) is 31.8. The fourth-order valence-corrected chi connectivity index (χ4v) is 6.71. The molecule has 4 heteroatoms. The number of allylic oxidation sites excluding steroid dienone is 1. The normalized spacial score (nSPS) is 13.1. The van der Waals surface area contributed by atoms with Gasteiger partial charge in [-0.25, -0.2) is 4.79 Å². The van der Waals surface area contributed by atoms with Crippen LogP contribution in [0.25, 0.3) is 33.4 Å². The van der Waals surface area contributed by atoms with E-state index in [4.69, 9.17) is 4.74 Å². The highest BCUT2D eigenvalue weighted by molar-refractivity contribution is 5.93. The first-order valence-corrected chi connectivity index (χ1v) is 15.3. The predicted octanol–water partition coefficient (Wildman–Crippen LogP) is 9.67. The van der Waals surface area contributed by atoms with Crippen LogP contribution in [0.15, 0.2) is 151 Å². The number of carbonyl (C=O) groups excluding carboxylic acids is 1. The number of esters is 1. The lowest BCUT2D eigenvalue weighted by Crippen LogP contribution is -2.30. The van der Waals surface area contributed by atoms with Crippen molar-refractivity contribution in [1.29, 1.82) is 0 Å². The highest BCUT2D eigenvalue weighted by Gasteiger charge is 2.49. The second kappa shape index (κ2) is 11.6. The zero-order valence-electron chi connectivity index (χ0n) is 25.6. The van der Waals surface area contributed by atoms with Crippen LogP contribution in [0, 0.1) is 0 Å². The van der Waals surface area contributed by atoms with Gasteiger partial charge in [0.15, 0.2) is 0 Å². The Balaban J connectivity index is 1.61. The van der Waals surface area contributed by atoms with Gasteiger partial charge in [0, 0.05) is 22.3 Å². The van der Waals surface area contributed by atoms with E-state index in [0.29, 0.717) is 22.4 Å². The molecule has 0 aliphatic heterocycles. The molecule has 0 bridgehead atoms. The molecule has 7 rings (SSSR count). The summed E-state index contributed by atoms with van der Waals surface area (Å²) in [6, 6.07) is 45.1. The topological polar surface area (TPSA) is 66.8 Å². The Hall–Kier alpha value is -5.87. The quantitative estimate of drug-likeness (QED) is 0.113. The molecule has 0 aromatic heterocycles. The molecule has 0 spiro atoms. The third-order valence-electron chi connectivity index (χ3n) is 9.01. The predicted molar refractivity (Wildman–Crippen MR) is 183 cm³/mol. The smallest absolute Gasteiger partial charge is 0.338 e. The number of hydrogen-bond donors (Lipinski definition) is 2. The lowest BCUT2D eigenvalue weighted by molar-refractivity contribution is -0.130. The third-order valence-corrected chi connectivity index (χ3v) is 9.01. The molecule has 1 aliphatic rings. The zero-order valence-corrected chi connectivity index (χ0v) is 25.6. The lowest BCUT2D eigenvalue weighted by Gasteiger charge is -2.35. The van der Waals surface area contributed by atoms with Crippen LogP contribution in [0.2, 0.25) is 0 Å². The number of aromatic hydroxyl groups is 2. The summed E-state index contributed by atoms with van der Waals surface area (Å²) in [6.07, 6.45) is 1.74. The van der Waals surface area contributed by atoms with Crippen molar-refractivity contribution in [3.8, 4) is 50.6 Å². The summed E-state index contributed by atoms with van der Waals surface area (Å²) in [5.74, 6) is 0.349. The molecule has 0 unspecified atom stereocenters. The summed E-state index contributed by atoms with van der Waals surface area (Å²) < 4.78 is 6.21. The van der Waals surface area contributed by atoms with Gasteiger partial charge in [0.25, 0.3) is 0 Å². The minimum Gasteiger partial charge on any atom is -0.507 e. The summed E-state index contributed by atoms with van der Waals surface area (Å²) in [5.41, 5.74) is 8.20. The van der Waals surface area contributed by atoms with Gasteiger partial charge in [-0.1, -0.05) is 115 Å². The van der Waals surface area contributed by atoms with Crippen LogP contribution in [0.1, 0.15) is 36.1 Å². The van der Waals surface area contributed by atoms with E-state index in [1.165, 1.54) is 0 Å². The summed E-state index contributed by atoms with van der Waals surface area (Å²) in [5, 5.41) is 22.3. The van der Waals surface area contributed by atoms with Gasteiger partial charge in [0.2, 0.25) is 0 Å². The number of fused-ring (bicyclic) bond motifs is 3. The van der Waals surface area contributed by atoms with E-state index in [2.05, 4.69) is 18.2 Å². The molecule has 0 radical (unpaired) electrons. The van der Waals surface area contributed by atoms with E-state index in [0.717, 1.165) is 44.5 Å². The molecule has 4 nitrogen and oxygen atoms in total. The van der Waals surface area contributed by atoms with E-state index in [1.54, 1.807) is 25.1 Å². The molecule has 0 saturated heterocycles. The molecule has 0 amide bonds. The SMILES string of the molecule is CC=C(C)C(=O)Oc1cccc2c1C(c1ccc(O)c(-c3ccccc3)c1)(c1ccc(O)c(-c3ccccc3)c1)c1ccccc1-2. The van der Waals surface area contributed by atoms with Gasteiger partial charge >= 0.3 is 5.97 Å². The molecule has 1 aliphatic carbocycles. The van der Waals surface area contributed by atoms with E-state index in [-0.39, 0.29) is 11.5 Å². The summed E-state index contributed by atoms with van der Waals surface area (Å²) in [6.45, 7) is 3.56. The largest absolute Gasteiger partial charge is 0.507 e. The van der Waals surface area contributed by atoms with Crippen molar-refractivity contribution in [2.24, 2.45) is 0 Å². The van der Waals surface area contributed by atoms with Gasteiger partial charge in [-0.05, 0) is 83.1 Å². The van der Waals surface area contributed by atoms with Crippen LogP contribution in [0.3, 0.4) is 0 Å². The van der Waals surface area contributed by atoms with Crippen LogP contribution >= 0.6 is 0 Å². The van der Waals surface area contributed by atoms with Crippen molar-refractivity contribution in [1.82, 2.24) is 0 Å². The van der Waals surface area contributed by atoms with Crippen molar-refractivity contribution in [3.05, 3.63) is 173 Å². The van der Waals surface area contributed by atoms with Crippen LogP contribution in [0.4, 0.5) is 0 Å². The van der Waals surface area contributed by atoms with E-state index < -0.39 is 11.4 Å². The standard InChI is InChI=1S/C42H32O4/c1-3-27(2)41(45)46-39-20-12-18-33-32-17-10-11-19-36(32)42(40(33)39,30-21-23-37(43)34(25-30)28-13-6-4-7-14-28)31-22-24-38(44)35(26-31)29-15-8-5-9-16-29/h3-26,43-44H,1-2H3. The van der Waals surface area contributed by atoms with Crippen molar-refractivity contribution in [2.75, 3.05) is 0 Å². The third kappa shape index (κ3) is 4.58. The molecule has 224 valence electrons. The first kappa shape index (κ1) is 28.9. The van der Waals surface area contributed by atoms with Gasteiger partial charge in [-0.2, -0.15) is 0 Å². The molecular weight excluding hydrogens is 568 g/mol. The number of benzene rings is 6. The average molecular weight is 601 g/mol. The highest BCUT2D eigenvalue weighted by Crippen LogP contribution is 2.60. The Morgan fingerprint density at radius 1 is 0.609 bits per heavy atom. The molecule has 0 heterocycles. The first-order valence-electron chi connectivity index (χ1n) is 15.3. The molecule has 0 fully saturated rings. The van der Waals surface area contributed by atoms with Crippen LogP contribution in [0.5, 0.6) is 17.2 Å². The van der Waals surface area contributed by atoms with Gasteiger partial charge in [-0.3, -0.25) is 0 Å². The monoisotopic (exact) mass is 600 g/mol. The number of carbonyl (C=O) groups is 1. The molecule has 46 heavy (non-hydrogen) atoms. The molecule has 2 N–H and O–H groups in total. The maximum Gasteiger partial charge on any atom is 0.338 e. The van der Waals surface area contributed by atoms with Crippen LogP contribution < -0.4 is 4.74 Å². The number of ether oxygens (including phenoxy) is 1.